The first-order valence-corrected chi connectivity index (χ1v) is 4.70. The zero-order chi connectivity index (χ0) is 9.84. The lowest BCUT2D eigenvalue weighted by Crippen LogP contribution is -2.08. The van der Waals surface area contributed by atoms with Gasteiger partial charge in [0.1, 0.15) is 11.5 Å². The molecule has 0 aliphatic carbocycles. The van der Waals surface area contributed by atoms with E-state index >= 15 is 0 Å². The molecule has 1 rings (SSSR count). The van der Waals surface area contributed by atoms with Gasteiger partial charge >= 0.3 is 0 Å². The Morgan fingerprint density at radius 1 is 1.62 bits per heavy atom. The van der Waals surface area contributed by atoms with Gasteiger partial charge < -0.3 is 4.57 Å². The minimum absolute atomic E-state index is 0.0942. The van der Waals surface area contributed by atoms with Crippen LogP contribution in [0.25, 0.3) is 0 Å². The molecule has 0 aromatic carbocycles. The number of aromatic nitrogens is 2. The van der Waals surface area contributed by atoms with Gasteiger partial charge in [0.25, 0.3) is 0 Å². The summed E-state index contributed by atoms with van der Waals surface area (Å²) in [6, 6.07) is 0. The van der Waals surface area contributed by atoms with Crippen molar-refractivity contribution in [1.82, 2.24) is 9.55 Å². The Balaban J connectivity index is 2.88. The smallest absolute Gasteiger partial charge is 0.177 e. The highest BCUT2D eigenvalue weighted by molar-refractivity contribution is 5.92. The number of Topliss-reactive ketones (excluding diaryl/α,β-unsaturated/α-hetero) is 1. The van der Waals surface area contributed by atoms with Crippen LogP contribution < -0.4 is 0 Å². The van der Waals surface area contributed by atoms with E-state index in [0.717, 1.165) is 30.9 Å². The number of imidazole rings is 1. The molecular weight excluding hydrogens is 164 g/mol. The molecule has 3 heteroatoms. The normalized spacial score (nSPS) is 10.4. The van der Waals surface area contributed by atoms with Gasteiger partial charge in [-0.25, -0.2) is 4.98 Å². The molecule has 72 valence electrons. The fraction of sp³-hybridized carbons (Fsp3) is 0.600. The molecule has 0 aliphatic rings. The van der Waals surface area contributed by atoms with Gasteiger partial charge in [-0.15, -0.1) is 0 Å². The van der Waals surface area contributed by atoms with Gasteiger partial charge in [0.15, 0.2) is 5.78 Å². The molecule has 0 bridgehead atoms. The first-order chi connectivity index (χ1) is 6.16. The largest absolute Gasteiger partial charge is 0.326 e. The third kappa shape index (κ3) is 2.17. The van der Waals surface area contributed by atoms with Crippen molar-refractivity contribution in [3.05, 3.63) is 17.7 Å². The van der Waals surface area contributed by atoms with Crippen LogP contribution in [-0.4, -0.2) is 15.3 Å². The molecule has 0 saturated heterocycles. The van der Waals surface area contributed by atoms with Gasteiger partial charge in [0.2, 0.25) is 0 Å². The van der Waals surface area contributed by atoms with Crippen molar-refractivity contribution in [1.29, 1.82) is 0 Å². The maximum absolute atomic E-state index is 11.2. The van der Waals surface area contributed by atoms with E-state index in [0.29, 0.717) is 0 Å². The van der Waals surface area contributed by atoms with Crippen LogP contribution in [0.15, 0.2) is 6.20 Å². The lowest BCUT2D eigenvalue weighted by Gasteiger charge is -2.06. The Hall–Kier alpha value is -1.12. The second-order valence-electron chi connectivity index (χ2n) is 3.25. The van der Waals surface area contributed by atoms with Gasteiger partial charge in [-0.2, -0.15) is 0 Å². The highest BCUT2D eigenvalue weighted by Gasteiger charge is 2.09. The van der Waals surface area contributed by atoms with E-state index in [4.69, 9.17) is 0 Å². The van der Waals surface area contributed by atoms with E-state index in [1.165, 1.54) is 0 Å². The summed E-state index contributed by atoms with van der Waals surface area (Å²) >= 11 is 0. The molecule has 3 nitrogen and oxygen atoms in total. The molecule has 0 saturated carbocycles. The van der Waals surface area contributed by atoms with Gasteiger partial charge in [0, 0.05) is 13.5 Å². The molecule has 0 radical (unpaired) electrons. The summed E-state index contributed by atoms with van der Waals surface area (Å²) in [4.78, 5) is 15.3. The monoisotopic (exact) mass is 180 g/mol. The summed E-state index contributed by atoms with van der Waals surface area (Å²) in [5, 5.41) is 0. The van der Waals surface area contributed by atoms with Crippen LogP contribution in [0.4, 0.5) is 0 Å². The second-order valence-corrected chi connectivity index (χ2v) is 3.25. The number of hydrogen-bond acceptors (Lipinski definition) is 2. The van der Waals surface area contributed by atoms with Gasteiger partial charge in [-0.05, 0) is 13.3 Å². The van der Waals surface area contributed by atoms with Crippen molar-refractivity contribution in [3.8, 4) is 0 Å². The maximum atomic E-state index is 11.2. The first kappa shape index (κ1) is 9.96. The van der Waals surface area contributed by atoms with Gasteiger partial charge in [-0.3, -0.25) is 4.79 Å². The van der Waals surface area contributed by atoms with Crippen LogP contribution in [0, 0.1) is 6.92 Å². The predicted molar refractivity (Wildman–Crippen MR) is 51.9 cm³/mol. The second kappa shape index (κ2) is 4.21. The predicted octanol–water partition coefficient (Wildman–Crippen LogP) is 2.19. The average molecular weight is 180 g/mol. The fourth-order valence-electron chi connectivity index (χ4n) is 1.35. The summed E-state index contributed by atoms with van der Waals surface area (Å²) in [7, 11) is 0. The third-order valence-electron chi connectivity index (χ3n) is 2.15. The minimum atomic E-state index is 0.0942. The van der Waals surface area contributed by atoms with Crippen molar-refractivity contribution in [2.45, 2.75) is 40.2 Å². The lowest BCUT2D eigenvalue weighted by molar-refractivity contribution is 0.100. The zero-order valence-electron chi connectivity index (χ0n) is 8.50. The van der Waals surface area contributed by atoms with Crippen molar-refractivity contribution >= 4 is 5.78 Å². The first-order valence-electron chi connectivity index (χ1n) is 4.70. The highest BCUT2D eigenvalue weighted by Crippen LogP contribution is 2.07. The van der Waals surface area contributed by atoms with Gasteiger partial charge in [0.05, 0.1) is 6.20 Å². The van der Waals surface area contributed by atoms with Crippen LogP contribution in [-0.2, 0) is 6.54 Å². The molecular formula is C10H16N2O. The Labute approximate surface area is 78.8 Å². The van der Waals surface area contributed by atoms with Crippen molar-refractivity contribution in [2.75, 3.05) is 0 Å². The van der Waals surface area contributed by atoms with Crippen molar-refractivity contribution in [3.63, 3.8) is 0 Å². The number of carbonyl (C=O) groups excluding carboxylic acids is 1. The Morgan fingerprint density at radius 3 is 2.85 bits per heavy atom. The van der Waals surface area contributed by atoms with Crippen LogP contribution in [0.3, 0.4) is 0 Å². The lowest BCUT2D eigenvalue weighted by atomic mass is 10.3. The van der Waals surface area contributed by atoms with E-state index in [2.05, 4.69) is 11.9 Å². The van der Waals surface area contributed by atoms with E-state index in [-0.39, 0.29) is 5.78 Å². The summed E-state index contributed by atoms with van der Waals surface area (Å²) in [5.74, 6) is 1.02. The average Bonchev–Trinajstić information content (AvgIpc) is 2.43. The quantitative estimate of drug-likeness (QED) is 0.666. The topological polar surface area (TPSA) is 34.9 Å². The maximum Gasteiger partial charge on any atom is 0.177 e. The number of aryl methyl sites for hydroxylation is 1. The zero-order valence-corrected chi connectivity index (χ0v) is 8.50. The summed E-state index contributed by atoms with van der Waals surface area (Å²) < 4.78 is 1.99. The molecule has 1 aromatic heterocycles. The van der Waals surface area contributed by atoms with Crippen molar-refractivity contribution < 1.29 is 4.79 Å². The number of rotatable bonds is 4. The molecule has 0 amide bonds. The standard InChI is InChI=1S/C10H16N2O/c1-4-5-6-12-9(3)11-7-10(12)8(2)13/h7H,4-6H2,1-3H3. The van der Waals surface area contributed by atoms with Crippen LogP contribution in [0.5, 0.6) is 0 Å². The molecule has 13 heavy (non-hydrogen) atoms. The molecule has 0 N–H and O–H groups in total. The molecule has 0 unspecified atom stereocenters. The van der Waals surface area contributed by atoms with Crippen LogP contribution in [0.2, 0.25) is 0 Å². The SMILES string of the molecule is CCCCn1c(C(C)=O)cnc1C. The number of nitrogens with zero attached hydrogens (tertiary/aromatic N) is 2. The van der Waals surface area contributed by atoms with Crippen LogP contribution >= 0.6 is 0 Å². The minimum Gasteiger partial charge on any atom is -0.326 e. The Morgan fingerprint density at radius 2 is 2.31 bits per heavy atom. The Bertz CT molecular complexity index is 302. The summed E-state index contributed by atoms with van der Waals surface area (Å²) in [6.07, 6.45) is 3.89. The van der Waals surface area contributed by atoms with Crippen molar-refractivity contribution in [2.24, 2.45) is 0 Å². The molecule has 1 aromatic rings. The summed E-state index contributed by atoms with van der Waals surface area (Å²) in [5.41, 5.74) is 0.728. The fourth-order valence-corrected chi connectivity index (χ4v) is 1.35. The molecule has 0 spiro atoms. The molecule has 0 fully saturated rings. The highest BCUT2D eigenvalue weighted by atomic mass is 16.1. The number of ketones is 1. The van der Waals surface area contributed by atoms with E-state index in [9.17, 15) is 4.79 Å². The number of unbranched alkanes of at least 4 members (excludes halogenated alkanes) is 1. The molecule has 1 heterocycles. The number of hydrogen-bond donors (Lipinski definition) is 0. The van der Waals surface area contributed by atoms with Crippen LogP contribution in [0.1, 0.15) is 43.0 Å². The third-order valence-corrected chi connectivity index (χ3v) is 2.15. The Kier molecular flexibility index (Phi) is 3.23. The van der Waals surface area contributed by atoms with E-state index in [1.807, 2.05) is 11.5 Å². The van der Waals surface area contributed by atoms with E-state index in [1.54, 1.807) is 13.1 Å². The number of carbonyl (C=O) groups is 1. The summed E-state index contributed by atoms with van der Waals surface area (Å²) in [6.45, 7) is 6.55. The van der Waals surface area contributed by atoms with Gasteiger partial charge in [-0.1, -0.05) is 13.3 Å². The van der Waals surface area contributed by atoms with E-state index < -0.39 is 0 Å². The molecule has 0 atom stereocenters. The molecule has 0 aliphatic heterocycles.